The Balaban J connectivity index is 1.90. The molecular formula is C18H17F2NO3. The van der Waals surface area contributed by atoms with Gasteiger partial charge in [0.15, 0.2) is 12.4 Å². The molecule has 2 aromatic carbocycles. The summed E-state index contributed by atoms with van der Waals surface area (Å²) >= 11 is 0. The molecule has 0 fully saturated rings. The first-order valence-electron chi connectivity index (χ1n) is 7.28. The lowest BCUT2D eigenvalue weighted by molar-refractivity contribution is -0.132. The summed E-state index contributed by atoms with van der Waals surface area (Å²) in [6, 6.07) is 9.65. The van der Waals surface area contributed by atoms with Gasteiger partial charge in [0.1, 0.15) is 17.4 Å². The smallest absolute Gasteiger partial charge is 0.260 e. The molecule has 0 atom stereocenters. The highest BCUT2D eigenvalue weighted by Crippen LogP contribution is 2.14. The van der Waals surface area contributed by atoms with Crippen LogP contribution in [0.2, 0.25) is 0 Å². The van der Waals surface area contributed by atoms with E-state index < -0.39 is 11.6 Å². The van der Waals surface area contributed by atoms with E-state index in [1.54, 1.807) is 24.3 Å². The zero-order valence-electron chi connectivity index (χ0n) is 13.4. The second-order valence-electron chi connectivity index (χ2n) is 5.35. The number of hydrogen-bond donors (Lipinski definition) is 0. The van der Waals surface area contributed by atoms with Crippen LogP contribution < -0.4 is 4.74 Å². The minimum Gasteiger partial charge on any atom is -0.484 e. The van der Waals surface area contributed by atoms with Crippen LogP contribution in [0.15, 0.2) is 42.5 Å². The standard InChI is InChI=1S/C18H17F2NO3/c1-12(22)13-4-7-16(8-5-13)24-11-18(23)21(2)10-14-3-6-15(19)9-17(14)20/h3-9H,10-11H2,1-2H3. The normalized spacial score (nSPS) is 10.3. The van der Waals surface area contributed by atoms with Gasteiger partial charge in [-0.1, -0.05) is 6.07 Å². The van der Waals surface area contributed by atoms with E-state index in [-0.39, 0.29) is 30.4 Å². The molecule has 0 heterocycles. The van der Waals surface area contributed by atoms with Crippen LogP contribution in [0.1, 0.15) is 22.8 Å². The summed E-state index contributed by atoms with van der Waals surface area (Å²) in [5, 5.41) is 0. The van der Waals surface area contributed by atoms with Crippen LogP contribution in [0.25, 0.3) is 0 Å². The number of amides is 1. The monoisotopic (exact) mass is 333 g/mol. The highest BCUT2D eigenvalue weighted by Gasteiger charge is 2.13. The number of halogens is 2. The van der Waals surface area contributed by atoms with Gasteiger partial charge in [0.25, 0.3) is 5.91 Å². The van der Waals surface area contributed by atoms with Crippen molar-refractivity contribution in [2.45, 2.75) is 13.5 Å². The van der Waals surface area contributed by atoms with Crippen molar-refractivity contribution < 1.29 is 23.1 Å². The molecule has 0 bridgehead atoms. The topological polar surface area (TPSA) is 46.6 Å². The average molecular weight is 333 g/mol. The number of hydrogen-bond acceptors (Lipinski definition) is 3. The zero-order valence-corrected chi connectivity index (χ0v) is 13.4. The second kappa shape index (κ2) is 7.68. The van der Waals surface area contributed by atoms with E-state index in [2.05, 4.69) is 0 Å². The molecule has 24 heavy (non-hydrogen) atoms. The van der Waals surface area contributed by atoms with Crippen LogP contribution in [0.3, 0.4) is 0 Å². The molecule has 2 rings (SSSR count). The molecular weight excluding hydrogens is 316 g/mol. The van der Waals surface area contributed by atoms with E-state index in [1.807, 2.05) is 0 Å². The summed E-state index contributed by atoms with van der Waals surface area (Å²) < 4.78 is 31.8. The zero-order chi connectivity index (χ0) is 17.7. The molecule has 2 aromatic rings. The Morgan fingerprint density at radius 1 is 1.08 bits per heavy atom. The Hall–Kier alpha value is -2.76. The van der Waals surface area contributed by atoms with Gasteiger partial charge < -0.3 is 9.64 Å². The molecule has 0 unspecified atom stereocenters. The van der Waals surface area contributed by atoms with Gasteiger partial charge in [-0.3, -0.25) is 9.59 Å². The lowest BCUT2D eigenvalue weighted by Crippen LogP contribution is -2.31. The first-order chi connectivity index (χ1) is 11.4. The lowest BCUT2D eigenvalue weighted by atomic mass is 10.1. The molecule has 0 aliphatic heterocycles. The molecule has 0 N–H and O–H groups in total. The van der Waals surface area contributed by atoms with Gasteiger partial charge in [-0.2, -0.15) is 0 Å². The Morgan fingerprint density at radius 2 is 1.75 bits per heavy atom. The fraction of sp³-hybridized carbons (Fsp3) is 0.222. The summed E-state index contributed by atoms with van der Waals surface area (Å²) in [6.07, 6.45) is 0. The van der Waals surface area contributed by atoms with E-state index in [4.69, 9.17) is 4.74 Å². The maximum atomic E-state index is 13.6. The Labute approximate surface area is 138 Å². The fourth-order valence-electron chi connectivity index (χ4n) is 2.03. The van der Waals surface area contributed by atoms with E-state index in [1.165, 1.54) is 24.9 Å². The first kappa shape index (κ1) is 17.6. The summed E-state index contributed by atoms with van der Waals surface area (Å²) in [6.45, 7) is 1.25. The molecule has 6 heteroatoms. The van der Waals surface area contributed by atoms with Crippen LogP contribution in [0.5, 0.6) is 5.75 Å². The van der Waals surface area contributed by atoms with Gasteiger partial charge in [0.2, 0.25) is 0 Å². The van der Waals surface area contributed by atoms with E-state index in [9.17, 15) is 18.4 Å². The minimum atomic E-state index is -0.699. The highest BCUT2D eigenvalue weighted by atomic mass is 19.1. The van der Waals surface area contributed by atoms with Crippen molar-refractivity contribution in [1.29, 1.82) is 0 Å². The van der Waals surface area contributed by atoms with E-state index in [0.29, 0.717) is 11.3 Å². The van der Waals surface area contributed by atoms with Gasteiger partial charge in [-0.15, -0.1) is 0 Å². The summed E-state index contributed by atoms with van der Waals surface area (Å²) in [7, 11) is 1.51. The van der Waals surface area contributed by atoms with Crippen LogP contribution in [-0.4, -0.2) is 30.2 Å². The average Bonchev–Trinajstić information content (AvgIpc) is 2.55. The Morgan fingerprint density at radius 3 is 2.33 bits per heavy atom. The van der Waals surface area contributed by atoms with Crippen molar-refractivity contribution in [3.63, 3.8) is 0 Å². The molecule has 0 radical (unpaired) electrons. The number of carbonyl (C=O) groups is 2. The van der Waals surface area contributed by atoms with Crippen LogP contribution in [-0.2, 0) is 11.3 Å². The van der Waals surface area contributed by atoms with Gasteiger partial charge in [0.05, 0.1) is 0 Å². The Bertz CT molecular complexity index is 744. The fourth-order valence-corrected chi connectivity index (χ4v) is 2.03. The van der Waals surface area contributed by atoms with Crippen molar-refractivity contribution in [1.82, 2.24) is 4.90 Å². The number of likely N-dealkylation sites (N-methyl/N-ethyl adjacent to an activating group) is 1. The number of nitrogens with zero attached hydrogens (tertiary/aromatic N) is 1. The molecule has 0 saturated carbocycles. The maximum Gasteiger partial charge on any atom is 0.260 e. The third-order valence-electron chi connectivity index (χ3n) is 3.47. The quantitative estimate of drug-likeness (QED) is 0.763. The van der Waals surface area contributed by atoms with Gasteiger partial charge in [0, 0.05) is 30.8 Å². The van der Waals surface area contributed by atoms with Crippen molar-refractivity contribution >= 4 is 11.7 Å². The molecule has 0 saturated heterocycles. The van der Waals surface area contributed by atoms with Gasteiger partial charge in [-0.05, 0) is 37.3 Å². The third-order valence-corrected chi connectivity index (χ3v) is 3.47. The molecule has 0 aliphatic rings. The van der Waals surface area contributed by atoms with Crippen molar-refractivity contribution in [2.24, 2.45) is 0 Å². The number of ether oxygens (including phenoxy) is 1. The highest BCUT2D eigenvalue weighted by molar-refractivity contribution is 5.94. The largest absolute Gasteiger partial charge is 0.484 e. The number of carbonyl (C=O) groups excluding carboxylic acids is 2. The molecule has 0 aliphatic carbocycles. The molecule has 0 spiro atoms. The summed E-state index contributed by atoms with van der Waals surface area (Å²) in [5.41, 5.74) is 0.774. The predicted molar refractivity (Wildman–Crippen MR) is 84.8 cm³/mol. The van der Waals surface area contributed by atoms with Crippen molar-refractivity contribution in [2.75, 3.05) is 13.7 Å². The van der Waals surface area contributed by atoms with E-state index in [0.717, 1.165) is 12.1 Å². The number of ketones is 1. The minimum absolute atomic E-state index is 0.0115. The number of benzene rings is 2. The predicted octanol–water partition coefficient (Wildman–Crippen LogP) is 3.20. The number of rotatable bonds is 6. The van der Waals surface area contributed by atoms with Crippen molar-refractivity contribution in [3.05, 3.63) is 65.2 Å². The lowest BCUT2D eigenvalue weighted by Gasteiger charge is -2.18. The first-order valence-corrected chi connectivity index (χ1v) is 7.28. The van der Waals surface area contributed by atoms with Gasteiger partial charge >= 0.3 is 0 Å². The van der Waals surface area contributed by atoms with E-state index >= 15 is 0 Å². The number of Topliss-reactive ketones (excluding diaryl/α,β-unsaturated/α-hetero) is 1. The molecule has 0 aromatic heterocycles. The molecule has 1 amide bonds. The maximum absolute atomic E-state index is 13.6. The SMILES string of the molecule is CC(=O)c1ccc(OCC(=O)N(C)Cc2ccc(F)cc2F)cc1. The summed E-state index contributed by atoms with van der Waals surface area (Å²) in [4.78, 5) is 24.5. The van der Waals surface area contributed by atoms with Crippen LogP contribution >= 0.6 is 0 Å². The summed E-state index contributed by atoms with van der Waals surface area (Å²) in [5.74, 6) is -1.32. The van der Waals surface area contributed by atoms with Gasteiger partial charge in [-0.25, -0.2) is 8.78 Å². The molecule has 126 valence electrons. The van der Waals surface area contributed by atoms with Crippen LogP contribution in [0, 0.1) is 11.6 Å². The third kappa shape index (κ3) is 4.62. The molecule has 4 nitrogen and oxygen atoms in total. The Kier molecular flexibility index (Phi) is 5.63. The van der Waals surface area contributed by atoms with Crippen LogP contribution in [0.4, 0.5) is 8.78 Å². The second-order valence-corrected chi connectivity index (χ2v) is 5.35. The van der Waals surface area contributed by atoms with Crippen molar-refractivity contribution in [3.8, 4) is 5.75 Å².